The normalized spacial score (nSPS) is 10.7. The Kier molecular flexibility index (Phi) is 5.17. The highest BCUT2D eigenvalue weighted by Gasteiger charge is 2.18. The van der Waals surface area contributed by atoms with Crippen molar-refractivity contribution in [3.05, 3.63) is 40.6 Å². The van der Waals surface area contributed by atoms with E-state index in [1.54, 1.807) is 24.4 Å². The second kappa shape index (κ2) is 7.09. The number of pyridine rings is 1. The fourth-order valence-corrected chi connectivity index (χ4v) is 2.56. The molecule has 0 aliphatic rings. The Hall–Kier alpha value is -1.82. The maximum absolute atomic E-state index is 11.3. The first kappa shape index (κ1) is 14.6. The Morgan fingerprint density at radius 2 is 2.20 bits per heavy atom. The predicted molar refractivity (Wildman–Crippen MR) is 84.5 cm³/mol. The Bertz CT molecular complexity index is 604. The van der Waals surface area contributed by atoms with E-state index in [-0.39, 0.29) is 10.6 Å². The summed E-state index contributed by atoms with van der Waals surface area (Å²) in [5.74, 6) is 1.12. The molecule has 20 heavy (non-hydrogen) atoms. The number of anilines is 1. The van der Waals surface area contributed by atoms with Gasteiger partial charge in [-0.05, 0) is 49.1 Å². The van der Waals surface area contributed by atoms with E-state index in [1.165, 1.54) is 0 Å². The number of fused-ring (bicyclic) bond motifs is 1. The molecule has 0 unspecified atom stereocenters. The van der Waals surface area contributed by atoms with Crippen LogP contribution in [-0.4, -0.2) is 28.5 Å². The van der Waals surface area contributed by atoms with Crippen molar-refractivity contribution in [3.8, 4) is 0 Å². The number of nitro benzene ring substituents is 1. The average molecular weight is 291 g/mol. The third-order valence-corrected chi connectivity index (χ3v) is 3.73. The highest BCUT2D eigenvalue weighted by molar-refractivity contribution is 7.98. The molecule has 1 heterocycles. The molecule has 0 spiro atoms. The molecule has 0 aliphatic carbocycles. The van der Waals surface area contributed by atoms with Crippen LogP contribution in [0.3, 0.4) is 0 Å². The molecule has 1 aromatic heterocycles. The lowest BCUT2D eigenvalue weighted by Crippen LogP contribution is -2.05. The summed E-state index contributed by atoms with van der Waals surface area (Å²) in [7, 11) is 0. The third-order valence-electron chi connectivity index (χ3n) is 3.03. The first-order valence-electron chi connectivity index (χ1n) is 6.49. The summed E-state index contributed by atoms with van der Waals surface area (Å²) in [6.45, 7) is 0.743. The number of rotatable bonds is 7. The van der Waals surface area contributed by atoms with Gasteiger partial charge in [0.25, 0.3) is 0 Å². The fraction of sp³-hybridized carbons (Fsp3) is 0.357. The first-order valence-corrected chi connectivity index (χ1v) is 7.88. The van der Waals surface area contributed by atoms with Crippen LogP contribution < -0.4 is 5.32 Å². The number of hydrogen-bond donors (Lipinski definition) is 1. The Morgan fingerprint density at radius 1 is 1.35 bits per heavy atom. The van der Waals surface area contributed by atoms with Crippen LogP contribution >= 0.6 is 11.8 Å². The summed E-state index contributed by atoms with van der Waals surface area (Å²) in [5.41, 5.74) is 1.33. The lowest BCUT2D eigenvalue weighted by atomic mass is 10.1. The molecule has 0 bridgehead atoms. The van der Waals surface area contributed by atoms with Crippen molar-refractivity contribution in [1.82, 2.24) is 4.98 Å². The van der Waals surface area contributed by atoms with Gasteiger partial charge in [0.1, 0.15) is 5.69 Å². The Balaban J connectivity index is 2.20. The standard InChI is InChI=1S/C14H17N3O2S/c1-20-10-3-2-8-16-13-7-6-12-11(5-4-9-15-12)14(13)17(18)19/h4-7,9,16H,2-3,8,10H2,1H3. The van der Waals surface area contributed by atoms with Crippen molar-refractivity contribution >= 4 is 34.0 Å². The van der Waals surface area contributed by atoms with Gasteiger partial charge in [-0.2, -0.15) is 11.8 Å². The summed E-state index contributed by atoms with van der Waals surface area (Å²) in [6, 6.07) is 7.01. The molecule has 0 amide bonds. The molecule has 0 saturated heterocycles. The van der Waals surface area contributed by atoms with Gasteiger partial charge in [0.05, 0.1) is 15.8 Å². The van der Waals surface area contributed by atoms with Crippen molar-refractivity contribution in [3.63, 3.8) is 0 Å². The molecule has 1 aromatic carbocycles. The zero-order valence-electron chi connectivity index (χ0n) is 11.3. The van der Waals surface area contributed by atoms with Gasteiger partial charge < -0.3 is 5.32 Å². The molecule has 1 N–H and O–H groups in total. The smallest absolute Gasteiger partial charge is 0.301 e. The Morgan fingerprint density at radius 3 is 2.95 bits per heavy atom. The molecule has 2 aromatic rings. The maximum Gasteiger partial charge on any atom is 0.301 e. The molecule has 6 heteroatoms. The first-order chi connectivity index (χ1) is 9.74. The molecule has 2 rings (SSSR count). The van der Waals surface area contributed by atoms with Gasteiger partial charge in [-0.3, -0.25) is 15.1 Å². The average Bonchev–Trinajstić information content (AvgIpc) is 2.46. The number of nitrogens with one attached hydrogen (secondary N) is 1. The van der Waals surface area contributed by atoms with E-state index in [2.05, 4.69) is 16.6 Å². The summed E-state index contributed by atoms with van der Waals surface area (Å²) >= 11 is 1.81. The highest BCUT2D eigenvalue weighted by Crippen LogP contribution is 2.32. The molecule has 0 aliphatic heterocycles. The topological polar surface area (TPSA) is 68.1 Å². The summed E-state index contributed by atoms with van der Waals surface area (Å²) in [4.78, 5) is 15.1. The molecule has 0 atom stereocenters. The number of aromatic nitrogens is 1. The van der Waals surface area contributed by atoms with E-state index >= 15 is 0 Å². The third kappa shape index (κ3) is 3.39. The number of unbranched alkanes of at least 4 members (excludes halogenated alkanes) is 1. The zero-order chi connectivity index (χ0) is 14.4. The van der Waals surface area contributed by atoms with Crippen molar-refractivity contribution < 1.29 is 4.92 Å². The molecule has 5 nitrogen and oxygen atoms in total. The number of nitro groups is 1. The van der Waals surface area contributed by atoms with Gasteiger partial charge in [-0.25, -0.2) is 0 Å². The van der Waals surface area contributed by atoms with Gasteiger partial charge in [0.15, 0.2) is 0 Å². The van der Waals surface area contributed by atoms with Crippen LogP contribution in [0, 0.1) is 10.1 Å². The number of hydrogen-bond acceptors (Lipinski definition) is 5. The van der Waals surface area contributed by atoms with E-state index < -0.39 is 0 Å². The molecule has 0 fully saturated rings. The van der Waals surface area contributed by atoms with Crippen LogP contribution in [0.2, 0.25) is 0 Å². The van der Waals surface area contributed by atoms with E-state index in [9.17, 15) is 10.1 Å². The predicted octanol–water partition coefficient (Wildman–Crippen LogP) is 3.70. The van der Waals surface area contributed by atoms with E-state index in [4.69, 9.17) is 0 Å². The zero-order valence-corrected chi connectivity index (χ0v) is 12.2. The van der Waals surface area contributed by atoms with Crippen LogP contribution in [0.5, 0.6) is 0 Å². The lowest BCUT2D eigenvalue weighted by Gasteiger charge is -2.08. The highest BCUT2D eigenvalue weighted by atomic mass is 32.2. The quantitative estimate of drug-likeness (QED) is 0.478. The van der Waals surface area contributed by atoms with Crippen molar-refractivity contribution in [2.45, 2.75) is 12.8 Å². The monoisotopic (exact) mass is 291 g/mol. The van der Waals surface area contributed by atoms with Crippen molar-refractivity contribution in [1.29, 1.82) is 0 Å². The van der Waals surface area contributed by atoms with Crippen LogP contribution in [0.25, 0.3) is 10.9 Å². The number of nitrogens with zero attached hydrogens (tertiary/aromatic N) is 2. The van der Waals surface area contributed by atoms with E-state index in [1.807, 2.05) is 17.8 Å². The number of benzene rings is 1. The van der Waals surface area contributed by atoms with Crippen molar-refractivity contribution in [2.24, 2.45) is 0 Å². The summed E-state index contributed by atoms with van der Waals surface area (Å²) < 4.78 is 0. The fourth-order valence-electron chi connectivity index (χ4n) is 2.07. The van der Waals surface area contributed by atoms with Gasteiger partial charge in [0, 0.05) is 12.7 Å². The summed E-state index contributed by atoms with van der Waals surface area (Å²) in [6.07, 6.45) is 5.83. The Labute approximate surface area is 121 Å². The lowest BCUT2D eigenvalue weighted by molar-refractivity contribution is -0.382. The maximum atomic E-state index is 11.3. The minimum atomic E-state index is -0.339. The minimum absolute atomic E-state index is 0.112. The second-order valence-electron chi connectivity index (χ2n) is 4.42. The largest absolute Gasteiger partial charge is 0.379 e. The van der Waals surface area contributed by atoms with E-state index in [0.29, 0.717) is 16.6 Å². The molecular formula is C14H17N3O2S. The molecule has 0 radical (unpaired) electrons. The van der Waals surface area contributed by atoms with Gasteiger partial charge in [-0.1, -0.05) is 0 Å². The SMILES string of the molecule is CSCCCCNc1ccc2ncccc2c1[N+](=O)[O-]. The molecule has 0 saturated carbocycles. The van der Waals surface area contributed by atoms with Gasteiger partial charge >= 0.3 is 5.69 Å². The van der Waals surface area contributed by atoms with Crippen LogP contribution in [-0.2, 0) is 0 Å². The number of thioether (sulfide) groups is 1. The second-order valence-corrected chi connectivity index (χ2v) is 5.40. The van der Waals surface area contributed by atoms with Crippen LogP contribution in [0.15, 0.2) is 30.5 Å². The van der Waals surface area contributed by atoms with Gasteiger partial charge in [-0.15, -0.1) is 0 Å². The van der Waals surface area contributed by atoms with E-state index in [0.717, 1.165) is 25.1 Å². The summed E-state index contributed by atoms with van der Waals surface area (Å²) in [5, 5.41) is 15.0. The molecule has 106 valence electrons. The van der Waals surface area contributed by atoms with Gasteiger partial charge in [0.2, 0.25) is 0 Å². The van der Waals surface area contributed by atoms with Crippen LogP contribution in [0.1, 0.15) is 12.8 Å². The van der Waals surface area contributed by atoms with Crippen molar-refractivity contribution in [2.75, 3.05) is 23.9 Å². The minimum Gasteiger partial charge on any atom is -0.379 e. The van der Waals surface area contributed by atoms with Crippen LogP contribution in [0.4, 0.5) is 11.4 Å². The molecular weight excluding hydrogens is 274 g/mol.